The molecule has 0 bridgehead atoms. The first kappa shape index (κ1) is 10.4. The van der Waals surface area contributed by atoms with Crippen molar-refractivity contribution in [2.24, 2.45) is 0 Å². The van der Waals surface area contributed by atoms with E-state index in [1.807, 2.05) is 6.92 Å². The fraction of sp³-hybridized carbons (Fsp3) is 0.571. The zero-order chi connectivity index (χ0) is 8.69. The SMILES string of the molecule is CCC[CH]C(=O)OC(=O)CCl. The van der Waals surface area contributed by atoms with E-state index in [9.17, 15) is 9.59 Å². The maximum absolute atomic E-state index is 10.6. The maximum atomic E-state index is 10.6. The topological polar surface area (TPSA) is 43.4 Å². The number of hydrogen-bond acceptors (Lipinski definition) is 3. The molecular formula is C7H10ClO3. The fourth-order valence-electron chi connectivity index (χ4n) is 0.443. The van der Waals surface area contributed by atoms with E-state index in [0.717, 1.165) is 6.42 Å². The Hall–Kier alpha value is -0.570. The lowest BCUT2D eigenvalue weighted by atomic mass is 10.2. The van der Waals surface area contributed by atoms with Crippen LogP contribution in [0.5, 0.6) is 0 Å². The van der Waals surface area contributed by atoms with Gasteiger partial charge in [0.15, 0.2) is 0 Å². The van der Waals surface area contributed by atoms with Gasteiger partial charge in [0.1, 0.15) is 5.88 Å². The first-order valence-electron chi connectivity index (χ1n) is 3.34. The Kier molecular flexibility index (Phi) is 5.84. The highest BCUT2D eigenvalue weighted by molar-refractivity contribution is 6.27. The molecule has 3 nitrogen and oxygen atoms in total. The molecule has 0 aliphatic carbocycles. The first-order valence-corrected chi connectivity index (χ1v) is 3.88. The molecule has 0 aliphatic rings. The van der Waals surface area contributed by atoms with Crippen molar-refractivity contribution >= 4 is 23.5 Å². The highest BCUT2D eigenvalue weighted by atomic mass is 35.5. The van der Waals surface area contributed by atoms with Gasteiger partial charge in [-0.25, -0.2) is 0 Å². The van der Waals surface area contributed by atoms with Crippen LogP contribution in [0.15, 0.2) is 0 Å². The number of alkyl halides is 1. The van der Waals surface area contributed by atoms with Crippen LogP contribution in [0.3, 0.4) is 0 Å². The van der Waals surface area contributed by atoms with Crippen LogP contribution in [0.1, 0.15) is 19.8 Å². The molecule has 0 aliphatic heterocycles. The number of unbranched alkanes of at least 4 members (excludes halogenated alkanes) is 1. The van der Waals surface area contributed by atoms with Gasteiger partial charge in [-0.2, -0.15) is 0 Å². The number of ether oxygens (including phenoxy) is 1. The predicted octanol–water partition coefficient (Wildman–Crippen LogP) is 1.30. The second kappa shape index (κ2) is 6.16. The van der Waals surface area contributed by atoms with Gasteiger partial charge in [-0.3, -0.25) is 9.59 Å². The zero-order valence-corrected chi connectivity index (χ0v) is 7.06. The Balaban J connectivity index is 3.44. The van der Waals surface area contributed by atoms with Crippen LogP contribution < -0.4 is 0 Å². The number of carbonyl (C=O) groups excluding carboxylic acids is 2. The highest BCUT2D eigenvalue weighted by Gasteiger charge is 2.07. The van der Waals surface area contributed by atoms with Crippen molar-refractivity contribution in [3.63, 3.8) is 0 Å². The average molecular weight is 178 g/mol. The van der Waals surface area contributed by atoms with Crippen molar-refractivity contribution in [3.05, 3.63) is 6.42 Å². The van der Waals surface area contributed by atoms with Crippen molar-refractivity contribution in [2.45, 2.75) is 19.8 Å². The molecular weight excluding hydrogens is 168 g/mol. The second-order valence-corrected chi connectivity index (χ2v) is 2.19. The fourth-order valence-corrected chi connectivity index (χ4v) is 0.498. The van der Waals surface area contributed by atoms with Crippen LogP contribution in [0.4, 0.5) is 0 Å². The smallest absolute Gasteiger partial charge is 0.328 e. The molecule has 0 saturated heterocycles. The van der Waals surface area contributed by atoms with E-state index in [4.69, 9.17) is 11.6 Å². The number of hydrogen-bond donors (Lipinski definition) is 0. The molecule has 0 saturated carbocycles. The summed E-state index contributed by atoms with van der Waals surface area (Å²) in [6.07, 6.45) is 2.79. The first-order chi connectivity index (χ1) is 5.20. The van der Waals surface area contributed by atoms with Gasteiger partial charge in [-0.1, -0.05) is 13.3 Å². The van der Waals surface area contributed by atoms with Crippen molar-refractivity contribution in [3.8, 4) is 0 Å². The van der Waals surface area contributed by atoms with E-state index in [1.165, 1.54) is 6.42 Å². The van der Waals surface area contributed by atoms with Crippen LogP contribution in [-0.2, 0) is 14.3 Å². The van der Waals surface area contributed by atoms with Crippen LogP contribution in [-0.4, -0.2) is 17.8 Å². The Labute approximate surface area is 70.7 Å². The van der Waals surface area contributed by atoms with Gasteiger partial charge in [-0.05, 0) is 6.42 Å². The van der Waals surface area contributed by atoms with Crippen LogP contribution in [0, 0.1) is 6.42 Å². The second-order valence-electron chi connectivity index (χ2n) is 1.92. The lowest BCUT2D eigenvalue weighted by Gasteiger charge is -1.97. The Bertz CT molecular complexity index is 145. The summed E-state index contributed by atoms with van der Waals surface area (Å²) in [6.45, 7) is 1.92. The van der Waals surface area contributed by atoms with Gasteiger partial charge in [0.05, 0.1) is 6.42 Å². The zero-order valence-electron chi connectivity index (χ0n) is 6.30. The molecule has 0 spiro atoms. The normalized spacial score (nSPS) is 9.27. The minimum Gasteiger partial charge on any atom is -0.392 e. The molecule has 11 heavy (non-hydrogen) atoms. The Morgan fingerprint density at radius 1 is 1.55 bits per heavy atom. The molecule has 4 heteroatoms. The molecule has 0 unspecified atom stereocenters. The quantitative estimate of drug-likeness (QED) is 0.369. The minimum absolute atomic E-state index is 0.286. The van der Waals surface area contributed by atoms with Gasteiger partial charge in [0.2, 0.25) is 0 Å². The highest BCUT2D eigenvalue weighted by Crippen LogP contribution is 1.95. The van der Waals surface area contributed by atoms with E-state index in [1.54, 1.807) is 0 Å². The van der Waals surface area contributed by atoms with Gasteiger partial charge < -0.3 is 4.74 Å². The number of carbonyl (C=O) groups is 2. The summed E-state index contributed by atoms with van der Waals surface area (Å²) >= 11 is 5.09. The van der Waals surface area contributed by atoms with E-state index >= 15 is 0 Å². The average Bonchev–Trinajstić information content (AvgIpc) is 2.00. The van der Waals surface area contributed by atoms with Crippen molar-refractivity contribution in [1.82, 2.24) is 0 Å². The van der Waals surface area contributed by atoms with E-state index in [0.29, 0.717) is 6.42 Å². The number of esters is 2. The monoisotopic (exact) mass is 177 g/mol. The molecule has 0 N–H and O–H groups in total. The third-order valence-corrected chi connectivity index (χ3v) is 1.14. The molecule has 0 rings (SSSR count). The summed E-state index contributed by atoms with van der Waals surface area (Å²) in [5, 5.41) is 0. The third kappa shape index (κ3) is 5.85. The largest absolute Gasteiger partial charge is 0.392 e. The van der Waals surface area contributed by atoms with Crippen LogP contribution in [0.25, 0.3) is 0 Å². The summed E-state index contributed by atoms with van der Waals surface area (Å²) < 4.78 is 4.24. The standard InChI is InChI=1S/C7H10ClO3/c1-2-3-4-6(9)11-7(10)5-8/h4H,2-3,5H2,1H3. The van der Waals surface area contributed by atoms with Crippen LogP contribution in [0.2, 0.25) is 0 Å². The summed E-state index contributed by atoms with van der Waals surface area (Å²) in [7, 11) is 0. The molecule has 0 aromatic heterocycles. The molecule has 0 atom stereocenters. The van der Waals surface area contributed by atoms with Gasteiger partial charge in [-0.15, -0.1) is 11.6 Å². The lowest BCUT2D eigenvalue weighted by molar-refractivity contribution is -0.155. The minimum atomic E-state index is -0.705. The van der Waals surface area contributed by atoms with E-state index in [-0.39, 0.29) is 5.88 Å². The number of rotatable bonds is 4. The molecule has 63 valence electrons. The molecule has 0 aromatic rings. The van der Waals surface area contributed by atoms with E-state index in [2.05, 4.69) is 4.74 Å². The van der Waals surface area contributed by atoms with E-state index < -0.39 is 11.9 Å². The number of halogens is 1. The summed E-state index contributed by atoms with van der Waals surface area (Å²) in [5.41, 5.74) is 0. The molecule has 0 aromatic carbocycles. The van der Waals surface area contributed by atoms with Gasteiger partial charge in [0, 0.05) is 0 Å². The van der Waals surface area contributed by atoms with Crippen molar-refractivity contribution in [1.29, 1.82) is 0 Å². The van der Waals surface area contributed by atoms with Crippen molar-refractivity contribution in [2.75, 3.05) is 5.88 Å². The predicted molar refractivity (Wildman–Crippen MR) is 41.0 cm³/mol. The summed E-state index contributed by atoms with van der Waals surface area (Å²) in [5.74, 6) is -1.60. The maximum Gasteiger partial charge on any atom is 0.328 e. The third-order valence-electron chi connectivity index (χ3n) is 0.923. The Morgan fingerprint density at radius 2 is 2.18 bits per heavy atom. The molecule has 1 radical (unpaired) electrons. The summed E-state index contributed by atoms with van der Waals surface area (Å²) in [6, 6.07) is 0. The Morgan fingerprint density at radius 3 is 2.64 bits per heavy atom. The van der Waals surface area contributed by atoms with Gasteiger partial charge in [0.25, 0.3) is 0 Å². The van der Waals surface area contributed by atoms with Crippen LogP contribution >= 0.6 is 11.6 Å². The van der Waals surface area contributed by atoms with Crippen molar-refractivity contribution < 1.29 is 14.3 Å². The molecule has 0 fully saturated rings. The summed E-state index contributed by atoms with van der Waals surface area (Å²) in [4.78, 5) is 21.0. The van der Waals surface area contributed by atoms with Gasteiger partial charge >= 0.3 is 11.9 Å². The molecule has 0 heterocycles. The molecule has 0 amide bonds. The lowest BCUT2D eigenvalue weighted by Crippen LogP contribution is -2.13.